The van der Waals surface area contributed by atoms with E-state index in [4.69, 9.17) is 4.74 Å². The Morgan fingerprint density at radius 2 is 1.77 bits per heavy atom. The Balaban J connectivity index is 2.03. The van der Waals surface area contributed by atoms with Crippen molar-refractivity contribution in [1.82, 2.24) is 4.57 Å². The Labute approximate surface area is 129 Å². The van der Waals surface area contributed by atoms with Gasteiger partial charge in [-0.3, -0.25) is 4.79 Å². The Hall–Kier alpha value is -2.75. The number of aryl methyl sites for hydroxylation is 2. The van der Waals surface area contributed by atoms with Gasteiger partial charge >= 0.3 is 0 Å². The van der Waals surface area contributed by atoms with Crippen molar-refractivity contribution in [2.45, 2.75) is 6.92 Å². The van der Waals surface area contributed by atoms with Crippen LogP contribution in [0, 0.1) is 6.92 Å². The molecule has 0 atom stereocenters. The second-order valence-electron chi connectivity index (χ2n) is 5.20. The third-order valence-corrected chi connectivity index (χ3v) is 3.93. The molecule has 0 radical (unpaired) electrons. The van der Waals surface area contributed by atoms with Gasteiger partial charge in [-0.15, -0.1) is 0 Å². The summed E-state index contributed by atoms with van der Waals surface area (Å²) < 4.78 is 7.21. The van der Waals surface area contributed by atoms with E-state index in [9.17, 15) is 4.79 Å². The van der Waals surface area contributed by atoms with Crippen LogP contribution in [0.25, 0.3) is 10.9 Å². The van der Waals surface area contributed by atoms with Gasteiger partial charge < -0.3 is 14.6 Å². The highest BCUT2D eigenvalue weighted by Gasteiger charge is 2.18. The minimum Gasteiger partial charge on any atom is -0.495 e. The Morgan fingerprint density at radius 1 is 1.09 bits per heavy atom. The Kier molecular flexibility index (Phi) is 3.59. The summed E-state index contributed by atoms with van der Waals surface area (Å²) in [6.45, 7) is 1.97. The molecule has 0 aliphatic heterocycles. The van der Waals surface area contributed by atoms with E-state index >= 15 is 0 Å². The predicted octanol–water partition coefficient (Wildman–Crippen LogP) is 3.75. The van der Waals surface area contributed by atoms with Crippen LogP contribution in [-0.2, 0) is 7.05 Å². The van der Waals surface area contributed by atoms with Crippen LogP contribution in [0.5, 0.6) is 5.75 Å². The molecule has 0 aliphatic rings. The largest absolute Gasteiger partial charge is 0.495 e. The van der Waals surface area contributed by atoms with E-state index in [1.54, 1.807) is 7.11 Å². The number of fused-ring (bicyclic) bond motifs is 1. The first kappa shape index (κ1) is 14.2. The van der Waals surface area contributed by atoms with E-state index in [2.05, 4.69) is 5.32 Å². The molecule has 1 aromatic heterocycles. The van der Waals surface area contributed by atoms with Crippen molar-refractivity contribution in [2.75, 3.05) is 12.4 Å². The fourth-order valence-corrected chi connectivity index (χ4v) is 2.83. The van der Waals surface area contributed by atoms with Gasteiger partial charge in [0.2, 0.25) is 0 Å². The fourth-order valence-electron chi connectivity index (χ4n) is 2.83. The fraction of sp³-hybridized carbons (Fsp3) is 0.167. The van der Waals surface area contributed by atoms with Gasteiger partial charge in [-0.25, -0.2) is 0 Å². The van der Waals surface area contributed by atoms with Crippen LogP contribution in [0.15, 0.2) is 48.5 Å². The number of nitrogens with one attached hydrogen (secondary N) is 1. The van der Waals surface area contributed by atoms with Gasteiger partial charge in [-0.05, 0) is 30.7 Å². The lowest BCUT2D eigenvalue weighted by Crippen LogP contribution is -2.17. The molecule has 112 valence electrons. The minimum absolute atomic E-state index is 0.138. The van der Waals surface area contributed by atoms with E-state index in [0.29, 0.717) is 17.1 Å². The molecule has 0 saturated heterocycles. The molecule has 0 aliphatic carbocycles. The van der Waals surface area contributed by atoms with E-state index in [1.807, 2.05) is 67.1 Å². The lowest BCUT2D eigenvalue weighted by Gasteiger charge is -2.11. The molecule has 0 spiro atoms. The molecule has 3 rings (SSSR count). The summed E-state index contributed by atoms with van der Waals surface area (Å²) in [5.41, 5.74) is 3.35. The standard InChI is InChI=1S/C18H18N2O2/c1-12-13-8-4-6-10-15(13)20(2)17(12)18(21)19-14-9-5-7-11-16(14)22-3/h4-11H,1-3H3,(H,19,21). The zero-order valence-electron chi connectivity index (χ0n) is 12.9. The van der Waals surface area contributed by atoms with E-state index < -0.39 is 0 Å². The molecule has 0 fully saturated rings. The van der Waals surface area contributed by atoms with E-state index in [0.717, 1.165) is 16.5 Å². The highest BCUT2D eigenvalue weighted by molar-refractivity contribution is 6.08. The van der Waals surface area contributed by atoms with Gasteiger partial charge in [0.15, 0.2) is 0 Å². The van der Waals surface area contributed by atoms with Gasteiger partial charge in [0.05, 0.1) is 12.8 Å². The summed E-state index contributed by atoms with van der Waals surface area (Å²) in [6, 6.07) is 15.4. The summed E-state index contributed by atoms with van der Waals surface area (Å²) >= 11 is 0. The number of hydrogen-bond acceptors (Lipinski definition) is 2. The van der Waals surface area contributed by atoms with Crippen molar-refractivity contribution >= 4 is 22.5 Å². The number of methoxy groups -OCH3 is 1. The Morgan fingerprint density at radius 3 is 2.50 bits per heavy atom. The van der Waals surface area contributed by atoms with Crippen molar-refractivity contribution in [3.63, 3.8) is 0 Å². The molecule has 0 unspecified atom stereocenters. The lowest BCUT2D eigenvalue weighted by atomic mass is 10.1. The summed E-state index contributed by atoms with van der Waals surface area (Å²) in [5, 5.41) is 4.03. The number of para-hydroxylation sites is 3. The number of amides is 1. The summed E-state index contributed by atoms with van der Waals surface area (Å²) in [7, 11) is 3.50. The first-order chi connectivity index (χ1) is 10.6. The number of carbonyl (C=O) groups is 1. The predicted molar refractivity (Wildman–Crippen MR) is 88.6 cm³/mol. The zero-order valence-corrected chi connectivity index (χ0v) is 12.9. The van der Waals surface area contributed by atoms with Crippen molar-refractivity contribution in [1.29, 1.82) is 0 Å². The van der Waals surface area contributed by atoms with Gasteiger partial charge in [-0.2, -0.15) is 0 Å². The van der Waals surface area contributed by atoms with Gasteiger partial charge in [0, 0.05) is 18.0 Å². The van der Waals surface area contributed by atoms with Crippen LogP contribution in [-0.4, -0.2) is 17.6 Å². The molecule has 2 aromatic carbocycles. The van der Waals surface area contributed by atoms with E-state index in [1.165, 1.54) is 0 Å². The number of ether oxygens (including phenoxy) is 1. The summed E-state index contributed by atoms with van der Waals surface area (Å²) in [5.74, 6) is 0.507. The lowest BCUT2D eigenvalue weighted by molar-refractivity contribution is 0.101. The molecule has 1 N–H and O–H groups in total. The molecule has 0 saturated carbocycles. The first-order valence-corrected chi connectivity index (χ1v) is 7.12. The maximum Gasteiger partial charge on any atom is 0.272 e. The highest BCUT2D eigenvalue weighted by Crippen LogP contribution is 2.27. The van der Waals surface area contributed by atoms with Crippen LogP contribution < -0.4 is 10.1 Å². The van der Waals surface area contributed by atoms with Crippen LogP contribution in [0.4, 0.5) is 5.69 Å². The average Bonchev–Trinajstić information content (AvgIpc) is 2.80. The second-order valence-corrected chi connectivity index (χ2v) is 5.20. The second kappa shape index (κ2) is 5.56. The number of hydrogen-bond donors (Lipinski definition) is 1. The minimum atomic E-state index is -0.138. The quantitative estimate of drug-likeness (QED) is 0.799. The van der Waals surface area contributed by atoms with Gasteiger partial charge in [0.25, 0.3) is 5.91 Å². The third-order valence-electron chi connectivity index (χ3n) is 3.93. The molecule has 3 aromatic rings. The molecular weight excluding hydrogens is 276 g/mol. The number of rotatable bonds is 3. The number of anilines is 1. The Bertz CT molecular complexity index is 810. The maximum absolute atomic E-state index is 12.7. The summed E-state index contributed by atoms with van der Waals surface area (Å²) in [4.78, 5) is 12.7. The molecular formula is C18H18N2O2. The highest BCUT2D eigenvalue weighted by atomic mass is 16.5. The van der Waals surface area contributed by atoms with Crippen LogP contribution in [0.1, 0.15) is 16.1 Å². The smallest absolute Gasteiger partial charge is 0.272 e. The van der Waals surface area contributed by atoms with Crippen molar-refractivity contribution in [2.24, 2.45) is 7.05 Å². The molecule has 1 heterocycles. The third kappa shape index (κ3) is 2.22. The topological polar surface area (TPSA) is 43.3 Å². The molecule has 22 heavy (non-hydrogen) atoms. The zero-order chi connectivity index (χ0) is 15.7. The van der Waals surface area contributed by atoms with Crippen LogP contribution in [0.2, 0.25) is 0 Å². The van der Waals surface area contributed by atoms with Crippen LogP contribution >= 0.6 is 0 Å². The molecule has 1 amide bonds. The monoisotopic (exact) mass is 294 g/mol. The normalized spacial score (nSPS) is 10.7. The molecule has 4 nitrogen and oxygen atoms in total. The van der Waals surface area contributed by atoms with E-state index in [-0.39, 0.29) is 5.91 Å². The first-order valence-electron chi connectivity index (χ1n) is 7.12. The number of benzene rings is 2. The van der Waals surface area contributed by atoms with Crippen molar-refractivity contribution < 1.29 is 9.53 Å². The molecule has 0 bridgehead atoms. The SMILES string of the molecule is COc1ccccc1NC(=O)c1c(C)c2ccccc2n1C. The number of nitrogens with zero attached hydrogens (tertiary/aromatic N) is 1. The van der Waals surface area contributed by atoms with Gasteiger partial charge in [0.1, 0.15) is 11.4 Å². The molecule has 4 heteroatoms. The van der Waals surface area contributed by atoms with Crippen molar-refractivity contribution in [3.05, 3.63) is 59.8 Å². The van der Waals surface area contributed by atoms with Gasteiger partial charge in [-0.1, -0.05) is 30.3 Å². The number of carbonyl (C=O) groups excluding carboxylic acids is 1. The maximum atomic E-state index is 12.7. The summed E-state index contributed by atoms with van der Waals surface area (Å²) in [6.07, 6.45) is 0. The van der Waals surface area contributed by atoms with Crippen LogP contribution in [0.3, 0.4) is 0 Å². The average molecular weight is 294 g/mol. The number of aromatic nitrogens is 1. The van der Waals surface area contributed by atoms with Crippen molar-refractivity contribution in [3.8, 4) is 5.75 Å².